The van der Waals surface area contributed by atoms with Crippen LogP contribution in [-0.2, 0) is 47.7 Å². The van der Waals surface area contributed by atoms with E-state index in [-0.39, 0.29) is 19.3 Å². The van der Waals surface area contributed by atoms with E-state index in [2.05, 4.69) is 0 Å². The molecule has 13 nitrogen and oxygen atoms in total. The Morgan fingerprint density at radius 1 is 0.957 bits per heavy atom. The van der Waals surface area contributed by atoms with Crippen molar-refractivity contribution in [2.75, 3.05) is 7.11 Å². The normalized spacial score (nSPS) is 45.8. The molecular formula is C33H42O13. The monoisotopic (exact) mass is 646 g/mol. The van der Waals surface area contributed by atoms with E-state index in [0.29, 0.717) is 12.0 Å². The summed E-state index contributed by atoms with van der Waals surface area (Å²) in [6.07, 6.45) is -1.63. The van der Waals surface area contributed by atoms with Gasteiger partial charge in [0, 0.05) is 60.3 Å². The third kappa shape index (κ3) is 3.96. The van der Waals surface area contributed by atoms with Gasteiger partial charge in [-0.05, 0) is 25.3 Å². The van der Waals surface area contributed by atoms with Crippen molar-refractivity contribution in [1.29, 1.82) is 0 Å². The average molecular weight is 647 g/mol. The zero-order valence-electron chi connectivity index (χ0n) is 27.1. The summed E-state index contributed by atoms with van der Waals surface area (Å²) in [7, 11) is 1.15. The minimum absolute atomic E-state index is 0.0233. The van der Waals surface area contributed by atoms with E-state index in [0.717, 1.165) is 14.0 Å². The van der Waals surface area contributed by atoms with E-state index in [4.69, 9.17) is 28.1 Å². The lowest BCUT2D eigenvalue weighted by molar-refractivity contribution is -0.358. The van der Waals surface area contributed by atoms with Gasteiger partial charge in [0.1, 0.15) is 23.9 Å². The van der Waals surface area contributed by atoms with Crippen LogP contribution in [0.4, 0.5) is 0 Å². The Morgan fingerprint density at radius 3 is 2.17 bits per heavy atom. The van der Waals surface area contributed by atoms with Crippen LogP contribution >= 0.6 is 0 Å². The van der Waals surface area contributed by atoms with Crippen molar-refractivity contribution in [3.8, 4) is 0 Å². The summed E-state index contributed by atoms with van der Waals surface area (Å²) < 4.78 is 33.9. The molecular weight excluding hydrogens is 604 g/mol. The van der Waals surface area contributed by atoms with Crippen LogP contribution in [0.25, 0.3) is 0 Å². The smallest absolute Gasteiger partial charge is 0.347 e. The predicted octanol–water partition coefficient (Wildman–Crippen LogP) is 2.41. The Hall–Kier alpha value is -3.45. The van der Waals surface area contributed by atoms with Gasteiger partial charge >= 0.3 is 29.8 Å². The van der Waals surface area contributed by atoms with E-state index in [9.17, 15) is 34.2 Å². The molecule has 46 heavy (non-hydrogen) atoms. The molecule has 13 atom stereocenters. The van der Waals surface area contributed by atoms with Crippen LogP contribution in [-0.4, -0.2) is 76.7 Å². The van der Waals surface area contributed by atoms with Crippen molar-refractivity contribution in [1.82, 2.24) is 0 Å². The zero-order chi connectivity index (χ0) is 33.8. The van der Waals surface area contributed by atoms with Crippen LogP contribution in [0.3, 0.4) is 0 Å². The quantitative estimate of drug-likeness (QED) is 0.339. The number of cyclic esters (lactones) is 1. The minimum atomic E-state index is -2.01. The number of methoxy groups -OCH3 is 1. The maximum absolute atomic E-state index is 13.4. The first-order chi connectivity index (χ1) is 21.4. The van der Waals surface area contributed by atoms with Gasteiger partial charge in [0.05, 0.1) is 37.6 Å². The van der Waals surface area contributed by atoms with E-state index < -0.39 is 105 Å². The number of fused-ring (bicyclic) bond motifs is 5. The number of carbonyl (C=O) groups excluding carboxylic acids is 5. The Kier molecular flexibility index (Phi) is 7.26. The lowest BCUT2D eigenvalue weighted by Crippen LogP contribution is -2.81. The van der Waals surface area contributed by atoms with Crippen LogP contribution in [0.1, 0.15) is 78.9 Å². The molecule has 5 fully saturated rings. The van der Waals surface area contributed by atoms with E-state index in [1.165, 1.54) is 26.4 Å². The molecule has 1 aromatic heterocycles. The fourth-order valence-electron chi connectivity index (χ4n) is 11.3. The Morgan fingerprint density at radius 2 is 1.61 bits per heavy atom. The number of esters is 5. The Labute approximate surface area is 266 Å². The molecule has 0 amide bonds. The van der Waals surface area contributed by atoms with Crippen molar-refractivity contribution in [3.63, 3.8) is 0 Å². The highest BCUT2D eigenvalue weighted by Gasteiger charge is 2.90. The average Bonchev–Trinajstić information content (AvgIpc) is 3.60. The fourth-order valence-corrected chi connectivity index (χ4v) is 11.3. The molecule has 4 saturated carbocycles. The van der Waals surface area contributed by atoms with E-state index in [1.54, 1.807) is 19.9 Å². The molecule has 252 valence electrons. The van der Waals surface area contributed by atoms with Gasteiger partial charge in [0.15, 0.2) is 0 Å². The van der Waals surface area contributed by atoms with Crippen LogP contribution < -0.4 is 0 Å². The molecule has 6 rings (SSSR count). The highest BCUT2D eigenvalue weighted by Crippen LogP contribution is 2.81. The molecule has 13 heteroatoms. The van der Waals surface area contributed by atoms with Crippen molar-refractivity contribution >= 4 is 29.8 Å². The first-order valence-corrected chi connectivity index (χ1v) is 15.7. The fraction of sp³-hybridized carbons (Fsp3) is 0.727. The van der Waals surface area contributed by atoms with Crippen molar-refractivity contribution in [2.24, 2.45) is 39.9 Å². The van der Waals surface area contributed by atoms with Gasteiger partial charge in [-0.3, -0.25) is 19.2 Å². The van der Waals surface area contributed by atoms with Gasteiger partial charge in [-0.1, -0.05) is 20.8 Å². The maximum Gasteiger partial charge on any atom is 0.347 e. The summed E-state index contributed by atoms with van der Waals surface area (Å²) >= 11 is 0. The highest BCUT2D eigenvalue weighted by atomic mass is 16.6. The molecule has 1 saturated heterocycles. The van der Waals surface area contributed by atoms with Crippen LogP contribution in [0, 0.1) is 39.9 Å². The van der Waals surface area contributed by atoms with Gasteiger partial charge in [-0.25, -0.2) is 4.79 Å². The molecule has 13 unspecified atom stereocenters. The predicted molar refractivity (Wildman–Crippen MR) is 153 cm³/mol. The molecule has 2 bridgehead atoms. The lowest BCUT2D eigenvalue weighted by Gasteiger charge is -2.72. The number of hydrogen-bond donors (Lipinski definition) is 2. The second-order valence-electron chi connectivity index (χ2n) is 14.7. The first-order valence-electron chi connectivity index (χ1n) is 15.7. The summed E-state index contributed by atoms with van der Waals surface area (Å²) in [5.74, 6) is -7.64. The number of carbonyl (C=O) groups is 5. The van der Waals surface area contributed by atoms with Crippen molar-refractivity contribution in [3.05, 3.63) is 24.2 Å². The number of furan rings is 1. The molecule has 0 radical (unpaired) electrons. The molecule has 0 spiro atoms. The number of rotatable bonds is 6. The van der Waals surface area contributed by atoms with Gasteiger partial charge in [-0.2, -0.15) is 0 Å². The lowest BCUT2D eigenvalue weighted by atomic mass is 9.36. The van der Waals surface area contributed by atoms with Gasteiger partial charge in [0.25, 0.3) is 0 Å². The summed E-state index contributed by atoms with van der Waals surface area (Å²) in [4.78, 5) is 64.7. The molecule has 2 N–H and O–H groups in total. The number of aliphatic hydroxyl groups is 2. The maximum atomic E-state index is 13.4. The van der Waals surface area contributed by atoms with Crippen molar-refractivity contribution in [2.45, 2.75) is 103 Å². The summed E-state index contributed by atoms with van der Waals surface area (Å²) in [6, 6.07) is 1.69. The number of ether oxygens (including phenoxy) is 5. The van der Waals surface area contributed by atoms with Gasteiger partial charge in [-0.15, -0.1) is 0 Å². The molecule has 4 aliphatic carbocycles. The summed E-state index contributed by atoms with van der Waals surface area (Å²) in [5, 5.41) is 26.4. The van der Waals surface area contributed by atoms with Gasteiger partial charge < -0.3 is 38.3 Å². The Balaban J connectivity index is 1.62. The summed E-state index contributed by atoms with van der Waals surface area (Å²) in [6.45, 7) is 8.93. The molecule has 1 aliphatic heterocycles. The van der Waals surface area contributed by atoms with Crippen LogP contribution in [0.5, 0.6) is 0 Å². The van der Waals surface area contributed by atoms with Crippen LogP contribution in [0.2, 0.25) is 0 Å². The second-order valence-corrected chi connectivity index (χ2v) is 14.7. The molecule has 1 aromatic rings. The SMILES string of the molecule is COC(=O)C(OC(C)=O)C1C2(C)CC3(O)C(C2OC(C)=O)C(OC(C)=O)C2(O)C4CC(=O)OC(c5ccoc5)C4(C)CCC2C13C. The Bertz CT molecular complexity index is 1470. The molecule has 2 heterocycles. The van der Waals surface area contributed by atoms with Gasteiger partial charge in [0.2, 0.25) is 6.10 Å². The minimum Gasteiger partial charge on any atom is -0.472 e. The summed E-state index contributed by atoms with van der Waals surface area (Å²) in [5.41, 5.74) is -6.72. The largest absolute Gasteiger partial charge is 0.472 e. The highest BCUT2D eigenvalue weighted by molar-refractivity contribution is 5.79. The van der Waals surface area contributed by atoms with E-state index in [1.807, 2.05) is 6.92 Å². The third-order valence-electron chi connectivity index (χ3n) is 12.5. The van der Waals surface area contributed by atoms with E-state index >= 15 is 0 Å². The van der Waals surface area contributed by atoms with Crippen molar-refractivity contribution < 1.29 is 62.3 Å². The topological polar surface area (TPSA) is 185 Å². The molecule has 0 aromatic carbocycles. The standard InChI is InChI=1S/C33H42O13/c1-15(34)43-23(28(38)41-7)24-30(5)14-32(39)22(26(30)44-16(2)35)27(45-17(3)36)33(40)19(31(24,32)6)8-10-29(4)20(33)12-21(37)46-25(29)18-9-11-42-13-18/h9,11,13,19-20,22-27,39-40H,8,10,12,14H2,1-7H3. The third-order valence-corrected chi connectivity index (χ3v) is 12.5. The number of hydrogen-bond acceptors (Lipinski definition) is 13. The van der Waals surface area contributed by atoms with Crippen LogP contribution in [0.15, 0.2) is 23.0 Å². The zero-order valence-corrected chi connectivity index (χ0v) is 27.1. The molecule has 5 aliphatic rings. The first kappa shape index (κ1) is 32.5. The second kappa shape index (κ2) is 10.3.